The maximum Gasteiger partial charge on any atom is 0.283 e. The van der Waals surface area contributed by atoms with Crippen molar-refractivity contribution in [2.45, 2.75) is 6.54 Å². The molecule has 1 heterocycles. The van der Waals surface area contributed by atoms with Crippen molar-refractivity contribution in [2.24, 2.45) is 0 Å². The monoisotopic (exact) mass is 328 g/mol. The highest BCUT2D eigenvalue weighted by Gasteiger charge is 2.28. The molecule has 0 aliphatic carbocycles. The molecule has 0 N–H and O–H groups in total. The number of halogens is 1. The maximum absolute atomic E-state index is 11.6. The summed E-state index contributed by atoms with van der Waals surface area (Å²) in [5, 5.41) is 10.8. The van der Waals surface area contributed by atoms with Crippen molar-refractivity contribution in [2.75, 3.05) is 13.2 Å². The Morgan fingerprint density at radius 1 is 1.32 bits per heavy atom. The van der Waals surface area contributed by atoms with Crippen molar-refractivity contribution in [3.63, 3.8) is 0 Å². The molecule has 0 bridgehead atoms. The number of nitro benzene ring substituents is 1. The zero-order valence-electron chi connectivity index (χ0n) is 9.67. The summed E-state index contributed by atoms with van der Waals surface area (Å²) in [7, 11) is 0. The molecule has 1 aliphatic rings. The van der Waals surface area contributed by atoms with Crippen LogP contribution in [0.4, 0.5) is 5.69 Å². The predicted molar refractivity (Wildman–Crippen MR) is 67.2 cm³/mol. The van der Waals surface area contributed by atoms with Crippen molar-refractivity contribution >= 4 is 33.4 Å². The largest absolute Gasteiger partial charge is 0.362 e. The van der Waals surface area contributed by atoms with Gasteiger partial charge in [0.1, 0.15) is 17.7 Å². The lowest BCUT2D eigenvalue weighted by atomic mass is 10.2. The first-order valence-electron chi connectivity index (χ1n) is 5.33. The van der Waals surface area contributed by atoms with Crippen molar-refractivity contribution in [3.05, 3.63) is 38.3 Å². The Hall–Kier alpha value is -1.80. The molecule has 1 fully saturated rings. The molecule has 0 atom stereocenters. The molecule has 8 heteroatoms. The second-order valence-electron chi connectivity index (χ2n) is 3.87. The minimum Gasteiger partial charge on any atom is -0.362 e. The zero-order chi connectivity index (χ0) is 14.0. The van der Waals surface area contributed by atoms with E-state index in [1.807, 2.05) is 0 Å². The number of carbonyl (C=O) groups excluding carboxylic acids is 2. The van der Waals surface area contributed by atoms with Gasteiger partial charge in [0.15, 0.2) is 0 Å². The van der Waals surface area contributed by atoms with Gasteiger partial charge in [0.05, 0.1) is 11.5 Å². The van der Waals surface area contributed by atoms with E-state index in [4.69, 9.17) is 4.74 Å². The van der Waals surface area contributed by atoms with Crippen molar-refractivity contribution in [1.82, 2.24) is 4.90 Å². The average molecular weight is 329 g/mol. The van der Waals surface area contributed by atoms with E-state index in [1.54, 1.807) is 6.07 Å². The average Bonchev–Trinajstić information content (AvgIpc) is 2.35. The first-order valence-corrected chi connectivity index (χ1v) is 6.12. The molecule has 2 amide bonds. The van der Waals surface area contributed by atoms with Crippen LogP contribution >= 0.6 is 15.9 Å². The summed E-state index contributed by atoms with van der Waals surface area (Å²) in [6, 6.07) is 4.47. The summed E-state index contributed by atoms with van der Waals surface area (Å²) in [6.45, 7) is -0.320. The number of nitro groups is 1. The molecule has 0 aromatic heterocycles. The predicted octanol–water partition coefficient (Wildman–Crippen LogP) is 1.24. The van der Waals surface area contributed by atoms with Gasteiger partial charge >= 0.3 is 0 Å². The molecule has 1 aromatic rings. The number of carbonyl (C=O) groups is 2. The number of benzene rings is 1. The van der Waals surface area contributed by atoms with Gasteiger partial charge in [-0.15, -0.1) is 0 Å². The van der Waals surface area contributed by atoms with Crippen molar-refractivity contribution in [3.8, 4) is 0 Å². The van der Waals surface area contributed by atoms with Gasteiger partial charge in [0.25, 0.3) is 17.5 Å². The Morgan fingerprint density at radius 3 is 2.53 bits per heavy atom. The van der Waals surface area contributed by atoms with Crippen LogP contribution < -0.4 is 0 Å². The highest BCUT2D eigenvalue weighted by atomic mass is 79.9. The van der Waals surface area contributed by atoms with Gasteiger partial charge < -0.3 is 4.74 Å². The molecule has 1 aromatic carbocycles. The fourth-order valence-electron chi connectivity index (χ4n) is 1.70. The van der Waals surface area contributed by atoms with E-state index in [9.17, 15) is 19.7 Å². The van der Waals surface area contributed by atoms with Crippen LogP contribution in [-0.4, -0.2) is 34.9 Å². The van der Waals surface area contributed by atoms with Gasteiger partial charge in [-0.25, -0.2) is 0 Å². The minimum atomic E-state index is -0.531. The Bertz CT molecular complexity index is 544. The maximum atomic E-state index is 11.6. The van der Waals surface area contributed by atoms with E-state index in [1.165, 1.54) is 12.1 Å². The van der Waals surface area contributed by atoms with Gasteiger partial charge in [-0.2, -0.15) is 0 Å². The van der Waals surface area contributed by atoms with E-state index in [0.29, 0.717) is 5.56 Å². The van der Waals surface area contributed by atoms with Gasteiger partial charge in [0, 0.05) is 6.07 Å². The van der Waals surface area contributed by atoms with E-state index >= 15 is 0 Å². The lowest BCUT2D eigenvalue weighted by Gasteiger charge is -2.25. The van der Waals surface area contributed by atoms with Crippen LogP contribution in [0.3, 0.4) is 0 Å². The second kappa shape index (κ2) is 5.45. The molecule has 0 saturated carbocycles. The topological polar surface area (TPSA) is 89.8 Å². The Kier molecular flexibility index (Phi) is 3.91. The van der Waals surface area contributed by atoms with Gasteiger partial charge in [-0.05, 0) is 21.5 Å². The number of morpholine rings is 1. The van der Waals surface area contributed by atoms with E-state index < -0.39 is 16.7 Å². The summed E-state index contributed by atoms with van der Waals surface area (Å²) in [5.41, 5.74) is 0.392. The third-order valence-corrected chi connectivity index (χ3v) is 3.55. The number of imide groups is 1. The van der Waals surface area contributed by atoms with Gasteiger partial charge in [0.2, 0.25) is 0 Å². The van der Waals surface area contributed by atoms with Crippen LogP contribution in [0.2, 0.25) is 0 Å². The first-order chi connectivity index (χ1) is 9.00. The summed E-state index contributed by atoms with van der Waals surface area (Å²) < 4.78 is 5.06. The standard InChI is InChI=1S/C11H9BrN2O5/c12-11-7(2-1-3-8(11)14(17)18)4-13-9(15)5-19-6-10(13)16/h1-3H,4-6H2. The van der Waals surface area contributed by atoms with Crippen LogP contribution in [-0.2, 0) is 20.9 Å². The normalized spacial score (nSPS) is 15.7. The molecule has 19 heavy (non-hydrogen) atoms. The summed E-state index contributed by atoms with van der Waals surface area (Å²) in [5.74, 6) is -0.899. The number of nitrogens with zero attached hydrogens (tertiary/aromatic N) is 2. The van der Waals surface area contributed by atoms with E-state index in [0.717, 1.165) is 4.90 Å². The number of rotatable bonds is 3. The fraction of sp³-hybridized carbons (Fsp3) is 0.273. The van der Waals surface area contributed by atoms with Crippen molar-refractivity contribution in [1.29, 1.82) is 0 Å². The number of amides is 2. The molecular weight excluding hydrogens is 320 g/mol. The van der Waals surface area contributed by atoms with Crippen molar-refractivity contribution < 1.29 is 19.2 Å². The molecule has 7 nitrogen and oxygen atoms in total. The SMILES string of the molecule is O=C1COCC(=O)N1Cc1cccc([N+](=O)[O-])c1Br. The lowest BCUT2D eigenvalue weighted by molar-refractivity contribution is -0.385. The molecule has 0 radical (unpaired) electrons. The van der Waals surface area contributed by atoms with Crippen LogP contribution in [0.5, 0.6) is 0 Å². The van der Waals surface area contributed by atoms with Gasteiger partial charge in [-0.3, -0.25) is 24.6 Å². The highest BCUT2D eigenvalue weighted by molar-refractivity contribution is 9.10. The summed E-state index contributed by atoms with van der Waals surface area (Å²) in [4.78, 5) is 34.4. The smallest absolute Gasteiger partial charge is 0.283 e. The quantitative estimate of drug-likeness (QED) is 0.473. The fourth-order valence-corrected chi connectivity index (χ4v) is 2.23. The second-order valence-corrected chi connectivity index (χ2v) is 4.67. The molecule has 0 spiro atoms. The highest BCUT2D eigenvalue weighted by Crippen LogP contribution is 2.29. The summed E-state index contributed by atoms with van der Waals surface area (Å²) in [6.07, 6.45) is 0. The molecular formula is C11H9BrN2O5. The number of hydrogen-bond donors (Lipinski definition) is 0. The molecule has 0 unspecified atom stereocenters. The Labute approximate surface area is 116 Å². The lowest BCUT2D eigenvalue weighted by Crippen LogP contribution is -2.45. The molecule has 1 saturated heterocycles. The molecule has 1 aliphatic heterocycles. The zero-order valence-corrected chi connectivity index (χ0v) is 11.3. The number of hydrogen-bond acceptors (Lipinski definition) is 5. The molecule has 100 valence electrons. The van der Waals surface area contributed by atoms with Crippen LogP contribution in [0, 0.1) is 10.1 Å². The minimum absolute atomic E-state index is 0.0106. The van der Waals surface area contributed by atoms with E-state index in [-0.39, 0.29) is 29.9 Å². The third kappa shape index (κ3) is 2.79. The van der Waals surface area contributed by atoms with Crippen LogP contribution in [0.25, 0.3) is 0 Å². The molecule has 2 rings (SSSR count). The van der Waals surface area contributed by atoms with Crippen LogP contribution in [0.1, 0.15) is 5.56 Å². The van der Waals surface area contributed by atoms with Gasteiger partial charge in [-0.1, -0.05) is 12.1 Å². The Morgan fingerprint density at radius 2 is 1.95 bits per heavy atom. The third-order valence-electron chi connectivity index (χ3n) is 2.64. The van der Waals surface area contributed by atoms with E-state index in [2.05, 4.69) is 15.9 Å². The Balaban J connectivity index is 2.28. The number of ether oxygens (including phenoxy) is 1. The summed E-state index contributed by atoms with van der Waals surface area (Å²) >= 11 is 3.13. The van der Waals surface area contributed by atoms with Crippen LogP contribution in [0.15, 0.2) is 22.7 Å². The first kappa shape index (κ1) is 13.6.